The second-order valence-electron chi connectivity index (χ2n) is 6.76. The molecule has 0 aliphatic carbocycles. The first-order valence-electron chi connectivity index (χ1n) is 9.27. The molecular formula is C23H18N4O3. The van der Waals surface area contributed by atoms with Crippen LogP contribution < -0.4 is 10.6 Å². The van der Waals surface area contributed by atoms with Gasteiger partial charge in [-0.05, 0) is 30.7 Å². The van der Waals surface area contributed by atoms with E-state index in [1.165, 1.54) is 12.4 Å². The van der Waals surface area contributed by atoms with E-state index in [0.29, 0.717) is 22.2 Å². The van der Waals surface area contributed by atoms with Crippen LogP contribution in [0.3, 0.4) is 0 Å². The molecule has 7 heteroatoms. The van der Waals surface area contributed by atoms with E-state index in [9.17, 15) is 14.4 Å². The number of aromatic nitrogens is 2. The number of aromatic amines is 1. The van der Waals surface area contributed by atoms with Crippen LogP contribution in [0.1, 0.15) is 21.6 Å². The van der Waals surface area contributed by atoms with Gasteiger partial charge in [0, 0.05) is 34.5 Å². The molecule has 4 aromatic rings. The number of hydrogen-bond acceptors (Lipinski definition) is 4. The number of anilines is 2. The molecule has 3 N–H and O–H groups in total. The van der Waals surface area contributed by atoms with E-state index in [1.54, 1.807) is 42.5 Å². The van der Waals surface area contributed by atoms with Gasteiger partial charge in [-0.1, -0.05) is 42.5 Å². The summed E-state index contributed by atoms with van der Waals surface area (Å²) in [5, 5.41) is 5.75. The summed E-state index contributed by atoms with van der Waals surface area (Å²) in [6.07, 6.45) is 3.01. The SMILES string of the molecule is Cc1ccc2c(NC(=O)C(=O)Nc3ccncc3)c(C(=O)c3ccccc3)[nH]c2c1. The van der Waals surface area contributed by atoms with Gasteiger partial charge in [0.15, 0.2) is 0 Å². The molecule has 7 nitrogen and oxygen atoms in total. The van der Waals surface area contributed by atoms with Crippen LogP contribution in [0.15, 0.2) is 73.1 Å². The third-order valence-electron chi connectivity index (χ3n) is 4.60. The zero-order valence-electron chi connectivity index (χ0n) is 16.1. The summed E-state index contributed by atoms with van der Waals surface area (Å²) in [6.45, 7) is 1.93. The molecule has 0 fully saturated rings. The number of rotatable bonds is 4. The van der Waals surface area contributed by atoms with Gasteiger partial charge in [0.05, 0.1) is 5.69 Å². The molecule has 0 aliphatic rings. The first-order chi connectivity index (χ1) is 14.5. The summed E-state index contributed by atoms with van der Waals surface area (Å²) in [5.74, 6) is -2.01. The standard InChI is InChI=1S/C23H18N4O3/c1-14-7-8-17-18(13-14)26-20(21(28)15-5-3-2-4-6-15)19(17)27-23(30)22(29)25-16-9-11-24-12-10-16/h2-13,26H,1H3,(H,27,30)(H,24,25,29). The van der Waals surface area contributed by atoms with Crippen molar-refractivity contribution in [2.24, 2.45) is 0 Å². The van der Waals surface area contributed by atoms with Crippen LogP contribution in [0.25, 0.3) is 10.9 Å². The van der Waals surface area contributed by atoms with Gasteiger partial charge in [-0.3, -0.25) is 19.4 Å². The summed E-state index contributed by atoms with van der Waals surface area (Å²) in [7, 11) is 0. The number of fused-ring (bicyclic) bond motifs is 1. The van der Waals surface area contributed by atoms with E-state index in [1.807, 2.05) is 25.1 Å². The van der Waals surface area contributed by atoms with E-state index >= 15 is 0 Å². The fourth-order valence-corrected chi connectivity index (χ4v) is 3.14. The molecule has 2 heterocycles. The second-order valence-corrected chi connectivity index (χ2v) is 6.76. The van der Waals surface area contributed by atoms with Gasteiger partial charge >= 0.3 is 11.8 Å². The van der Waals surface area contributed by atoms with Gasteiger partial charge in [-0.25, -0.2) is 0 Å². The van der Waals surface area contributed by atoms with Crippen LogP contribution in [-0.2, 0) is 9.59 Å². The third-order valence-corrected chi connectivity index (χ3v) is 4.60. The molecule has 2 aromatic heterocycles. The Balaban J connectivity index is 1.69. The molecule has 30 heavy (non-hydrogen) atoms. The Morgan fingerprint density at radius 1 is 0.867 bits per heavy atom. The first-order valence-corrected chi connectivity index (χ1v) is 9.27. The van der Waals surface area contributed by atoms with Crippen molar-refractivity contribution in [2.45, 2.75) is 6.92 Å². The second kappa shape index (κ2) is 8.00. The lowest BCUT2D eigenvalue weighted by Gasteiger charge is -2.08. The fraction of sp³-hybridized carbons (Fsp3) is 0.0435. The quantitative estimate of drug-likeness (QED) is 0.360. The maximum Gasteiger partial charge on any atom is 0.314 e. The molecule has 0 saturated carbocycles. The number of nitrogens with one attached hydrogen (secondary N) is 3. The lowest BCUT2D eigenvalue weighted by molar-refractivity contribution is -0.132. The van der Waals surface area contributed by atoms with Gasteiger partial charge in [0.2, 0.25) is 5.78 Å². The smallest absolute Gasteiger partial charge is 0.314 e. The predicted octanol–water partition coefficient (Wildman–Crippen LogP) is 3.68. The van der Waals surface area contributed by atoms with Crippen molar-refractivity contribution in [3.63, 3.8) is 0 Å². The lowest BCUT2D eigenvalue weighted by Crippen LogP contribution is -2.29. The van der Waals surface area contributed by atoms with Crippen LogP contribution in [0, 0.1) is 6.92 Å². The van der Waals surface area contributed by atoms with E-state index in [0.717, 1.165) is 5.56 Å². The van der Waals surface area contributed by atoms with Crippen LogP contribution in [0.4, 0.5) is 11.4 Å². The average Bonchev–Trinajstić information content (AvgIpc) is 3.11. The highest BCUT2D eigenvalue weighted by molar-refractivity contribution is 6.44. The number of hydrogen-bond donors (Lipinski definition) is 3. The average molecular weight is 398 g/mol. The number of benzene rings is 2. The fourth-order valence-electron chi connectivity index (χ4n) is 3.14. The molecule has 4 rings (SSSR count). The number of carbonyl (C=O) groups is 3. The summed E-state index contributed by atoms with van der Waals surface area (Å²) < 4.78 is 0. The van der Waals surface area contributed by atoms with Gasteiger partial charge in [0.1, 0.15) is 5.69 Å². The highest BCUT2D eigenvalue weighted by Crippen LogP contribution is 2.30. The van der Waals surface area contributed by atoms with Crippen LogP contribution in [0.5, 0.6) is 0 Å². The highest BCUT2D eigenvalue weighted by atomic mass is 16.2. The largest absolute Gasteiger partial charge is 0.350 e. The maximum atomic E-state index is 13.1. The summed E-state index contributed by atoms with van der Waals surface area (Å²) in [4.78, 5) is 44.9. The van der Waals surface area contributed by atoms with Crippen LogP contribution >= 0.6 is 0 Å². The van der Waals surface area contributed by atoms with Crippen molar-refractivity contribution in [3.8, 4) is 0 Å². The third kappa shape index (κ3) is 3.81. The van der Waals surface area contributed by atoms with Crippen LogP contribution in [0.2, 0.25) is 0 Å². The van der Waals surface area contributed by atoms with E-state index < -0.39 is 11.8 Å². The van der Waals surface area contributed by atoms with Gasteiger partial charge in [-0.2, -0.15) is 0 Å². The van der Waals surface area contributed by atoms with E-state index in [2.05, 4.69) is 20.6 Å². The summed E-state index contributed by atoms with van der Waals surface area (Å²) in [6, 6.07) is 17.4. The van der Waals surface area contributed by atoms with Crippen molar-refractivity contribution >= 4 is 39.9 Å². The van der Waals surface area contributed by atoms with Gasteiger partial charge < -0.3 is 15.6 Å². The Kier molecular flexibility index (Phi) is 5.09. The molecular weight excluding hydrogens is 380 g/mol. The lowest BCUT2D eigenvalue weighted by atomic mass is 10.1. The minimum Gasteiger partial charge on any atom is -0.350 e. The molecule has 0 unspecified atom stereocenters. The molecule has 148 valence electrons. The zero-order valence-corrected chi connectivity index (χ0v) is 16.1. The van der Waals surface area contributed by atoms with E-state index in [4.69, 9.17) is 0 Å². The molecule has 0 aliphatic heterocycles. The Morgan fingerprint density at radius 2 is 1.57 bits per heavy atom. The van der Waals surface area contributed by atoms with Crippen molar-refractivity contribution in [1.29, 1.82) is 0 Å². The molecule has 0 spiro atoms. The highest BCUT2D eigenvalue weighted by Gasteiger charge is 2.23. The van der Waals surface area contributed by atoms with Crippen molar-refractivity contribution in [2.75, 3.05) is 10.6 Å². The summed E-state index contributed by atoms with van der Waals surface area (Å²) >= 11 is 0. The number of carbonyl (C=O) groups excluding carboxylic acids is 3. The van der Waals surface area contributed by atoms with E-state index in [-0.39, 0.29) is 17.2 Å². The topological polar surface area (TPSA) is 104 Å². The molecule has 2 amide bonds. The first kappa shape index (κ1) is 19.1. The Hall–Kier alpha value is -4.26. The molecule has 2 aromatic carbocycles. The Bertz CT molecular complexity index is 1250. The number of H-pyrrole nitrogens is 1. The molecule has 0 bridgehead atoms. The zero-order chi connectivity index (χ0) is 21.1. The number of nitrogens with zero attached hydrogens (tertiary/aromatic N) is 1. The van der Waals surface area contributed by atoms with Crippen LogP contribution in [-0.4, -0.2) is 27.6 Å². The molecule has 0 saturated heterocycles. The number of amides is 2. The predicted molar refractivity (Wildman–Crippen MR) is 114 cm³/mol. The maximum absolute atomic E-state index is 13.1. The molecule has 0 radical (unpaired) electrons. The normalized spacial score (nSPS) is 10.6. The molecule has 0 atom stereocenters. The van der Waals surface area contributed by atoms with Crippen molar-refractivity contribution in [3.05, 3.63) is 89.9 Å². The monoisotopic (exact) mass is 398 g/mol. The van der Waals surface area contributed by atoms with Crippen molar-refractivity contribution < 1.29 is 14.4 Å². The Morgan fingerprint density at radius 3 is 2.30 bits per heavy atom. The summed E-state index contributed by atoms with van der Waals surface area (Å²) in [5.41, 5.74) is 3.09. The van der Waals surface area contributed by atoms with Crippen molar-refractivity contribution in [1.82, 2.24) is 9.97 Å². The minimum atomic E-state index is -0.879. The minimum absolute atomic E-state index is 0.215. The number of aryl methyl sites for hydroxylation is 1. The van der Waals surface area contributed by atoms with Gasteiger partial charge in [-0.15, -0.1) is 0 Å². The van der Waals surface area contributed by atoms with Gasteiger partial charge in [0.25, 0.3) is 0 Å². The Labute approximate surface area is 172 Å². The number of pyridine rings is 1. The number of ketones is 1.